The van der Waals surface area contributed by atoms with Crippen LogP contribution in [0.15, 0.2) is 42.5 Å². The molecule has 0 N–H and O–H groups in total. The van der Waals surface area contributed by atoms with E-state index >= 15 is 0 Å². The normalized spacial score (nSPS) is 12.2. The van der Waals surface area contributed by atoms with E-state index in [2.05, 4.69) is 29.9 Å². The van der Waals surface area contributed by atoms with Gasteiger partial charge in [0, 0.05) is 11.1 Å². The van der Waals surface area contributed by atoms with E-state index in [-0.39, 0.29) is 34.9 Å². The zero-order valence-corrected chi connectivity index (χ0v) is 32.1. The van der Waals surface area contributed by atoms with E-state index in [0.717, 1.165) is 0 Å². The second-order valence-electron chi connectivity index (χ2n) is 8.40. The van der Waals surface area contributed by atoms with Crippen molar-refractivity contribution in [2.75, 3.05) is 21.3 Å². The summed E-state index contributed by atoms with van der Waals surface area (Å²) in [5, 5.41) is 0. The maximum atomic E-state index is 5.85. The molecule has 46 heavy (non-hydrogen) atoms. The number of nitrogens with zero attached hydrogens (tertiary/aromatic N) is 6. The van der Waals surface area contributed by atoms with Crippen LogP contribution in [-0.4, -0.2) is 51.2 Å². The van der Waals surface area contributed by atoms with E-state index in [1.807, 2.05) is 0 Å². The molecule has 0 spiro atoms. The van der Waals surface area contributed by atoms with Crippen molar-refractivity contribution in [2.45, 2.75) is 15.2 Å². The number of halogens is 12. The Balaban J connectivity index is 0.000000251. The Morgan fingerprint density at radius 2 is 0.761 bits per heavy atom. The first-order valence-corrected chi connectivity index (χ1v) is 16.4. The molecule has 21 heteroatoms. The lowest BCUT2D eigenvalue weighted by atomic mass is 10.2. The molecule has 9 nitrogen and oxygen atoms in total. The molecule has 0 bridgehead atoms. The van der Waals surface area contributed by atoms with Crippen LogP contribution in [-0.2, 0) is 15.2 Å². The van der Waals surface area contributed by atoms with E-state index in [0.29, 0.717) is 28.4 Å². The summed E-state index contributed by atoms with van der Waals surface area (Å²) < 4.78 is 7.90. The average molecular weight is 874 g/mol. The van der Waals surface area contributed by atoms with Crippen LogP contribution in [0.1, 0.15) is 23.3 Å². The third-order valence-corrected chi connectivity index (χ3v) is 7.30. The SMILES string of the molecule is COc1ccc(-c2nc(C(Cl)(Cl)Cl)nc(C(Cl)(Cl)Cl)n2)cc1.COc1ccc(-c2nc(C(Cl)(Cl)Cl)nc(C(Cl)(Cl)Cl)n2)cc1OC. The van der Waals surface area contributed by atoms with Gasteiger partial charge in [0.05, 0.1) is 21.3 Å². The zero-order valence-electron chi connectivity index (χ0n) is 23.0. The molecule has 4 aromatic rings. The van der Waals surface area contributed by atoms with E-state index < -0.39 is 15.2 Å². The summed E-state index contributed by atoms with van der Waals surface area (Å²) in [5.41, 5.74) is 1.15. The van der Waals surface area contributed by atoms with Crippen molar-refractivity contribution in [2.24, 2.45) is 0 Å². The van der Waals surface area contributed by atoms with Crippen LogP contribution in [0.2, 0.25) is 0 Å². The molecule has 0 saturated heterocycles. The van der Waals surface area contributed by atoms with E-state index in [1.54, 1.807) is 49.6 Å². The highest BCUT2D eigenvalue weighted by atomic mass is 35.6. The maximum absolute atomic E-state index is 5.85. The van der Waals surface area contributed by atoms with Gasteiger partial charge in [-0.25, -0.2) is 29.9 Å². The van der Waals surface area contributed by atoms with Gasteiger partial charge in [-0.2, -0.15) is 0 Å². The predicted octanol–water partition coefficient (Wildman–Crippen LogP) is 10.4. The lowest BCUT2D eigenvalue weighted by molar-refractivity contribution is 0.355. The molecule has 0 atom stereocenters. The molecular formula is C25H16Cl12N6O3. The predicted molar refractivity (Wildman–Crippen MR) is 187 cm³/mol. The quantitative estimate of drug-likeness (QED) is 0.181. The number of benzene rings is 2. The van der Waals surface area contributed by atoms with Gasteiger partial charge in [0.2, 0.25) is 15.2 Å². The molecule has 2 heterocycles. The zero-order chi connectivity index (χ0) is 34.7. The third kappa shape index (κ3) is 10.9. The van der Waals surface area contributed by atoms with Crippen molar-refractivity contribution < 1.29 is 14.2 Å². The van der Waals surface area contributed by atoms with Crippen molar-refractivity contribution >= 4 is 139 Å². The summed E-state index contributed by atoms with van der Waals surface area (Å²) in [5.74, 6) is 1.39. The van der Waals surface area contributed by atoms with Gasteiger partial charge in [0.25, 0.3) is 0 Å². The van der Waals surface area contributed by atoms with Crippen LogP contribution < -0.4 is 14.2 Å². The molecule has 248 valence electrons. The van der Waals surface area contributed by atoms with Crippen LogP contribution in [0, 0.1) is 0 Å². The van der Waals surface area contributed by atoms with E-state index in [1.165, 1.54) is 14.2 Å². The van der Waals surface area contributed by atoms with Crippen LogP contribution in [0.5, 0.6) is 17.2 Å². The fraction of sp³-hybridized carbons (Fsp3) is 0.280. The molecule has 0 fully saturated rings. The lowest BCUT2D eigenvalue weighted by Crippen LogP contribution is -2.16. The summed E-state index contributed by atoms with van der Waals surface area (Å²) in [6, 6.07) is 11.9. The van der Waals surface area contributed by atoms with Crippen molar-refractivity contribution in [3.8, 4) is 40.0 Å². The molecule has 0 aliphatic carbocycles. The highest BCUT2D eigenvalue weighted by Crippen LogP contribution is 2.42. The number of hydrogen-bond acceptors (Lipinski definition) is 9. The molecular weight excluding hydrogens is 858 g/mol. The van der Waals surface area contributed by atoms with Gasteiger partial charge in [0.15, 0.2) is 46.4 Å². The second-order valence-corrected chi connectivity index (χ2v) is 17.5. The number of alkyl halides is 12. The highest BCUT2D eigenvalue weighted by molar-refractivity contribution is 6.68. The Morgan fingerprint density at radius 3 is 1.09 bits per heavy atom. The van der Waals surface area contributed by atoms with Gasteiger partial charge in [-0.1, -0.05) is 139 Å². The molecule has 0 saturated carbocycles. The second kappa shape index (κ2) is 15.9. The van der Waals surface area contributed by atoms with Crippen molar-refractivity contribution in [3.05, 3.63) is 65.8 Å². The third-order valence-electron chi connectivity index (χ3n) is 5.27. The Kier molecular flexibility index (Phi) is 13.8. The molecule has 2 aromatic heterocycles. The summed E-state index contributed by atoms with van der Waals surface area (Å²) in [6.07, 6.45) is 0. The fourth-order valence-electron chi connectivity index (χ4n) is 3.23. The van der Waals surface area contributed by atoms with Crippen molar-refractivity contribution in [3.63, 3.8) is 0 Å². The van der Waals surface area contributed by atoms with Crippen molar-refractivity contribution in [1.82, 2.24) is 29.9 Å². The molecule has 0 amide bonds. The van der Waals surface area contributed by atoms with Gasteiger partial charge in [-0.05, 0) is 42.5 Å². The number of ether oxygens (including phenoxy) is 3. The number of aromatic nitrogens is 6. The molecule has 2 aromatic carbocycles. The number of rotatable bonds is 5. The van der Waals surface area contributed by atoms with Gasteiger partial charge < -0.3 is 14.2 Å². The Bertz CT molecular complexity index is 1590. The molecule has 0 aliphatic rings. The minimum absolute atomic E-state index is 0.139. The summed E-state index contributed by atoms with van der Waals surface area (Å²) in [7, 11) is 4.57. The number of methoxy groups -OCH3 is 3. The molecule has 0 aliphatic heterocycles. The van der Waals surface area contributed by atoms with Crippen LogP contribution in [0.25, 0.3) is 22.8 Å². The Morgan fingerprint density at radius 1 is 0.413 bits per heavy atom. The number of hydrogen-bond donors (Lipinski definition) is 0. The Hall–Kier alpha value is -0.660. The standard InChI is InChI=1S/C13H9Cl6N3O2.C12H7Cl6N3O/c1-23-7-4-3-6(5-8(7)24-2)9-20-10(12(14,15)16)22-11(21-9)13(17,18)19;1-22-7-4-2-6(3-5-7)8-19-9(11(13,14)15)21-10(20-8)12(16,17)18/h3-5H,1-2H3;2-5H,1H3. The maximum Gasteiger partial charge on any atom is 0.250 e. The first-order valence-electron chi connectivity index (χ1n) is 11.8. The van der Waals surface area contributed by atoms with Gasteiger partial charge >= 0.3 is 0 Å². The smallest absolute Gasteiger partial charge is 0.250 e. The fourth-order valence-corrected chi connectivity index (χ4v) is 4.25. The topological polar surface area (TPSA) is 105 Å². The van der Waals surface area contributed by atoms with Gasteiger partial charge in [-0.3, -0.25) is 0 Å². The monoisotopic (exact) mass is 868 g/mol. The van der Waals surface area contributed by atoms with E-state index in [9.17, 15) is 0 Å². The van der Waals surface area contributed by atoms with Crippen LogP contribution >= 0.6 is 139 Å². The summed E-state index contributed by atoms with van der Waals surface area (Å²) in [4.78, 5) is 24.3. The minimum atomic E-state index is -1.92. The Labute approximate surface area is 322 Å². The van der Waals surface area contributed by atoms with Crippen LogP contribution in [0.3, 0.4) is 0 Å². The van der Waals surface area contributed by atoms with Crippen molar-refractivity contribution in [1.29, 1.82) is 0 Å². The van der Waals surface area contributed by atoms with Crippen LogP contribution in [0.4, 0.5) is 0 Å². The first-order chi connectivity index (χ1) is 21.2. The van der Waals surface area contributed by atoms with E-state index in [4.69, 9.17) is 153 Å². The van der Waals surface area contributed by atoms with Gasteiger partial charge in [-0.15, -0.1) is 0 Å². The summed E-state index contributed by atoms with van der Waals surface area (Å²) >= 11 is 70.0. The molecule has 0 radical (unpaired) electrons. The summed E-state index contributed by atoms with van der Waals surface area (Å²) in [6.45, 7) is 0. The highest BCUT2D eigenvalue weighted by Gasteiger charge is 2.35. The molecule has 4 rings (SSSR count). The van der Waals surface area contributed by atoms with Gasteiger partial charge in [0.1, 0.15) is 5.75 Å². The largest absolute Gasteiger partial charge is 0.497 e. The lowest BCUT2D eigenvalue weighted by Gasteiger charge is -2.16. The molecule has 0 unspecified atom stereocenters. The average Bonchev–Trinajstić information content (AvgIpc) is 2.99. The minimum Gasteiger partial charge on any atom is -0.497 e. The first kappa shape index (κ1) is 39.8.